The first kappa shape index (κ1) is 11.6. The lowest BCUT2D eigenvalue weighted by Gasteiger charge is -2.16. The molecule has 0 bridgehead atoms. The van der Waals surface area contributed by atoms with Crippen molar-refractivity contribution in [2.75, 3.05) is 11.9 Å². The highest BCUT2D eigenvalue weighted by Gasteiger charge is 2.12. The van der Waals surface area contributed by atoms with Gasteiger partial charge in [0.1, 0.15) is 0 Å². The zero-order valence-corrected chi connectivity index (χ0v) is 10.4. The third kappa shape index (κ3) is 2.45. The fraction of sp³-hybridized carbons (Fsp3) is 0.167. The van der Waals surface area contributed by atoms with Gasteiger partial charge in [0.25, 0.3) is 0 Å². The molecule has 1 heterocycles. The quantitative estimate of drug-likeness (QED) is 0.907. The number of rotatable bonds is 3. The van der Waals surface area contributed by atoms with Crippen LogP contribution >= 0.6 is 11.3 Å². The number of aromatic carboxylic acids is 1. The van der Waals surface area contributed by atoms with Gasteiger partial charge in [0.15, 0.2) is 10.8 Å². The van der Waals surface area contributed by atoms with Crippen molar-refractivity contribution in [3.05, 3.63) is 40.9 Å². The zero-order valence-electron chi connectivity index (χ0n) is 9.54. The van der Waals surface area contributed by atoms with E-state index in [9.17, 15) is 4.79 Å². The highest BCUT2D eigenvalue weighted by molar-refractivity contribution is 7.14. The summed E-state index contributed by atoms with van der Waals surface area (Å²) in [4.78, 5) is 16.7. The summed E-state index contributed by atoms with van der Waals surface area (Å²) in [5.41, 5.74) is 2.24. The van der Waals surface area contributed by atoms with Gasteiger partial charge in [0.05, 0.1) is 0 Å². The maximum absolute atomic E-state index is 10.8. The number of carbonyl (C=O) groups is 1. The minimum Gasteiger partial charge on any atom is -0.476 e. The smallest absolute Gasteiger partial charge is 0.355 e. The van der Waals surface area contributed by atoms with Gasteiger partial charge in [-0.25, -0.2) is 9.78 Å². The lowest BCUT2D eigenvalue weighted by atomic mass is 10.2. The summed E-state index contributed by atoms with van der Waals surface area (Å²) < 4.78 is 0. The first-order valence-corrected chi connectivity index (χ1v) is 5.95. The number of hydrogen-bond donors (Lipinski definition) is 1. The second-order valence-corrected chi connectivity index (χ2v) is 4.56. The van der Waals surface area contributed by atoms with E-state index in [0.29, 0.717) is 5.13 Å². The number of carboxylic acids is 1. The van der Waals surface area contributed by atoms with Crippen LogP contribution in [-0.2, 0) is 0 Å². The van der Waals surface area contributed by atoms with Crippen molar-refractivity contribution in [3.63, 3.8) is 0 Å². The molecule has 5 heteroatoms. The molecule has 0 amide bonds. The predicted molar refractivity (Wildman–Crippen MR) is 68.3 cm³/mol. The molecule has 0 saturated carbocycles. The SMILES string of the molecule is Cc1cccc(N(C)c2nc(C(=O)O)cs2)c1. The number of benzene rings is 1. The number of hydrogen-bond acceptors (Lipinski definition) is 4. The van der Waals surface area contributed by atoms with Gasteiger partial charge in [-0.05, 0) is 24.6 Å². The summed E-state index contributed by atoms with van der Waals surface area (Å²) in [5, 5.41) is 11.0. The van der Waals surface area contributed by atoms with E-state index in [0.717, 1.165) is 11.3 Å². The van der Waals surface area contributed by atoms with Crippen LogP contribution in [0.15, 0.2) is 29.6 Å². The van der Waals surface area contributed by atoms with Crippen LogP contribution in [0, 0.1) is 6.92 Å². The lowest BCUT2D eigenvalue weighted by molar-refractivity contribution is 0.0691. The topological polar surface area (TPSA) is 53.4 Å². The summed E-state index contributed by atoms with van der Waals surface area (Å²) in [6, 6.07) is 7.98. The molecule has 0 aliphatic rings. The minimum atomic E-state index is -0.995. The van der Waals surface area contributed by atoms with E-state index >= 15 is 0 Å². The van der Waals surface area contributed by atoms with Gasteiger partial charge in [0, 0.05) is 18.1 Å². The Morgan fingerprint density at radius 3 is 2.82 bits per heavy atom. The Balaban J connectivity index is 2.30. The number of thiazole rings is 1. The summed E-state index contributed by atoms with van der Waals surface area (Å²) >= 11 is 1.32. The Hall–Kier alpha value is -1.88. The van der Waals surface area contributed by atoms with Crippen LogP contribution in [0.4, 0.5) is 10.8 Å². The van der Waals surface area contributed by atoms with E-state index in [1.807, 2.05) is 43.1 Å². The molecular weight excluding hydrogens is 236 g/mol. The average Bonchev–Trinajstić information content (AvgIpc) is 2.77. The highest BCUT2D eigenvalue weighted by atomic mass is 32.1. The Morgan fingerprint density at radius 1 is 1.47 bits per heavy atom. The lowest BCUT2D eigenvalue weighted by Crippen LogP contribution is -2.09. The Morgan fingerprint density at radius 2 is 2.24 bits per heavy atom. The minimum absolute atomic E-state index is 0.0875. The molecule has 2 rings (SSSR count). The van der Waals surface area contributed by atoms with Crippen LogP contribution < -0.4 is 4.90 Å². The van der Waals surface area contributed by atoms with Crippen molar-refractivity contribution in [1.82, 2.24) is 4.98 Å². The fourth-order valence-corrected chi connectivity index (χ4v) is 2.25. The maximum Gasteiger partial charge on any atom is 0.355 e. The number of anilines is 2. The molecule has 0 aliphatic heterocycles. The van der Waals surface area contributed by atoms with Crippen molar-refractivity contribution >= 4 is 28.1 Å². The molecule has 0 spiro atoms. The van der Waals surface area contributed by atoms with Crippen molar-refractivity contribution in [1.29, 1.82) is 0 Å². The third-order valence-corrected chi connectivity index (χ3v) is 3.30. The van der Waals surface area contributed by atoms with Crippen molar-refractivity contribution < 1.29 is 9.90 Å². The molecular formula is C12H12N2O2S. The summed E-state index contributed by atoms with van der Waals surface area (Å²) in [7, 11) is 1.87. The van der Waals surface area contributed by atoms with Crippen LogP contribution in [0.5, 0.6) is 0 Å². The molecule has 1 aromatic carbocycles. The van der Waals surface area contributed by atoms with Gasteiger partial charge >= 0.3 is 5.97 Å². The van der Waals surface area contributed by atoms with Crippen LogP contribution in [-0.4, -0.2) is 23.1 Å². The molecule has 1 aromatic heterocycles. The third-order valence-electron chi connectivity index (χ3n) is 2.39. The molecule has 17 heavy (non-hydrogen) atoms. The largest absolute Gasteiger partial charge is 0.476 e. The molecule has 2 aromatic rings. The molecule has 4 nitrogen and oxygen atoms in total. The van der Waals surface area contributed by atoms with Crippen molar-refractivity contribution in [2.24, 2.45) is 0 Å². The molecule has 0 fully saturated rings. The molecule has 0 unspecified atom stereocenters. The van der Waals surface area contributed by atoms with Crippen LogP contribution in [0.3, 0.4) is 0 Å². The summed E-state index contributed by atoms with van der Waals surface area (Å²) in [6.07, 6.45) is 0. The van der Waals surface area contributed by atoms with Gasteiger partial charge in [-0.3, -0.25) is 0 Å². The normalized spacial score (nSPS) is 10.2. The van der Waals surface area contributed by atoms with Gasteiger partial charge in [-0.2, -0.15) is 0 Å². The maximum atomic E-state index is 10.8. The zero-order chi connectivity index (χ0) is 12.4. The number of carboxylic acid groups (broad SMARTS) is 1. The van der Waals surface area contributed by atoms with E-state index in [4.69, 9.17) is 5.11 Å². The molecule has 0 aliphatic carbocycles. The van der Waals surface area contributed by atoms with E-state index < -0.39 is 5.97 Å². The molecule has 88 valence electrons. The first-order valence-electron chi connectivity index (χ1n) is 5.07. The molecule has 0 atom stereocenters. The van der Waals surface area contributed by atoms with Gasteiger partial charge in [0.2, 0.25) is 0 Å². The Kier molecular flexibility index (Phi) is 3.10. The fourth-order valence-electron chi connectivity index (χ4n) is 1.46. The van der Waals surface area contributed by atoms with Crippen molar-refractivity contribution in [3.8, 4) is 0 Å². The number of aromatic nitrogens is 1. The second kappa shape index (κ2) is 4.55. The molecule has 1 N–H and O–H groups in total. The summed E-state index contributed by atoms with van der Waals surface area (Å²) in [5.74, 6) is -0.995. The highest BCUT2D eigenvalue weighted by Crippen LogP contribution is 2.27. The monoisotopic (exact) mass is 248 g/mol. The van der Waals surface area contributed by atoms with Crippen molar-refractivity contribution in [2.45, 2.75) is 6.92 Å². The second-order valence-electron chi connectivity index (χ2n) is 3.72. The predicted octanol–water partition coefficient (Wildman–Crippen LogP) is 2.92. The first-order chi connectivity index (χ1) is 8.08. The van der Waals surface area contributed by atoms with Gasteiger partial charge < -0.3 is 10.0 Å². The number of nitrogens with zero attached hydrogens (tertiary/aromatic N) is 2. The standard InChI is InChI=1S/C12H12N2O2S/c1-8-4-3-5-9(6-8)14(2)12-13-10(7-17-12)11(15)16/h3-7H,1-2H3,(H,15,16). The van der Waals surface area contributed by atoms with E-state index in [2.05, 4.69) is 4.98 Å². The Labute approximate surface area is 103 Å². The van der Waals surface area contributed by atoms with Crippen LogP contribution in [0.1, 0.15) is 16.1 Å². The Bertz CT molecular complexity index is 551. The van der Waals surface area contributed by atoms with Crippen LogP contribution in [0.25, 0.3) is 0 Å². The van der Waals surface area contributed by atoms with E-state index in [-0.39, 0.29) is 5.69 Å². The van der Waals surface area contributed by atoms with Gasteiger partial charge in [-0.1, -0.05) is 12.1 Å². The average molecular weight is 248 g/mol. The number of aryl methyl sites for hydroxylation is 1. The van der Waals surface area contributed by atoms with E-state index in [1.54, 1.807) is 5.38 Å². The van der Waals surface area contributed by atoms with Crippen LogP contribution in [0.2, 0.25) is 0 Å². The summed E-state index contributed by atoms with van der Waals surface area (Å²) in [6.45, 7) is 2.02. The van der Waals surface area contributed by atoms with E-state index in [1.165, 1.54) is 11.3 Å². The van der Waals surface area contributed by atoms with Gasteiger partial charge in [-0.15, -0.1) is 11.3 Å². The molecule has 0 saturated heterocycles. The molecule has 0 radical (unpaired) electrons.